The summed E-state index contributed by atoms with van der Waals surface area (Å²) >= 11 is 0. The molecule has 1 aromatic rings. The molecule has 1 aromatic carbocycles. The third-order valence-electron chi connectivity index (χ3n) is 3.95. The highest BCUT2D eigenvalue weighted by atomic mass is 16.5. The molecule has 0 aromatic heterocycles. The van der Waals surface area contributed by atoms with Crippen molar-refractivity contribution < 1.29 is 19.7 Å². The van der Waals surface area contributed by atoms with E-state index >= 15 is 0 Å². The second-order valence-corrected chi connectivity index (χ2v) is 5.90. The molecule has 23 heavy (non-hydrogen) atoms. The van der Waals surface area contributed by atoms with Gasteiger partial charge < -0.3 is 14.9 Å². The quantitative estimate of drug-likeness (QED) is 0.403. The van der Waals surface area contributed by atoms with Gasteiger partial charge in [0, 0.05) is 17.7 Å². The van der Waals surface area contributed by atoms with Crippen molar-refractivity contribution in [2.75, 3.05) is 13.2 Å². The van der Waals surface area contributed by atoms with Gasteiger partial charge in [0.25, 0.3) is 0 Å². The van der Waals surface area contributed by atoms with Crippen LogP contribution in [0.3, 0.4) is 0 Å². The molecule has 0 aliphatic carbocycles. The van der Waals surface area contributed by atoms with E-state index in [1.54, 1.807) is 18.2 Å². The van der Waals surface area contributed by atoms with Crippen LogP contribution in [0.4, 0.5) is 0 Å². The lowest BCUT2D eigenvalue weighted by Gasteiger charge is -2.10. The van der Waals surface area contributed by atoms with Crippen LogP contribution in [0, 0.1) is 0 Å². The van der Waals surface area contributed by atoms with Crippen molar-refractivity contribution in [1.29, 1.82) is 0 Å². The predicted molar refractivity (Wildman–Crippen MR) is 91.9 cm³/mol. The van der Waals surface area contributed by atoms with Gasteiger partial charge in [-0.15, -0.1) is 0 Å². The number of benzene rings is 1. The minimum Gasteiger partial charge on any atom is -0.493 e. The zero-order chi connectivity index (χ0) is 16.8. The van der Waals surface area contributed by atoms with Crippen molar-refractivity contribution in [3.63, 3.8) is 0 Å². The van der Waals surface area contributed by atoms with Gasteiger partial charge in [-0.05, 0) is 31.0 Å². The van der Waals surface area contributed by atoms with Crippen LogP contribution in [0.15, 0.2) is 18.2 Å². The monoisotopic (exact) mass is 322 g/mol. The number of unbranched alkanes of at least 4 members (excludes halogenated alkanes) is 8. The van der Waals surface area contributed by atoms with Crippen molar-refractivity contribution in [3.8, 4) is 5.75 Å². The van der Waals surface area contributed by atoms with Crippen LogP contribution in [0.1, 0.15) is 73.7 Å². The number of aldehydes is 1. The first-order valence-electron chi connectivity index (χ1n) is 8.74. The summed E-state index contributed by atoms with van der Waals surface area (Å²) < 4.78 is 5.70. The molecule has 4 nitrogen and oxygen atoms in total. The predicted octanol–water partition coefficient (Wildman–Crippen LogP) is 3.87. The van der Waals surface area contributed by atoms with Crippen molar-refractivity contribution in [1.82, 2.24) is 0 Å². The number of hydrogen-bond donors (Lipinski definition) is 2. The molecule has 0 aliphatic heterocycles. The minimum absolute atomic E-state index is 0.118. The van der Waals surface area contributed by atoms with E-state index in [9.17, 15) is 9.90 Å². The Balaban J connectivity index is 2.06. The van der Waals surface area contributed by atoms with E-state index in [1.165, 1.54) is 32.1 Å². The minimum atomic E-state index is -0.118. The molecular formula is C19H30O4. The smallest absolute Gasteiger partial charge is 0.150 e. The second kappa shape index (κ2) is 13.1. The van der Waals surface area contributed by atoms with Gasteiger partial charge in [0.2, 0.25) is 0 Å². The fourth-order valence-electron chi connectivity index (χ4n) is 2.57. The summed E-state index contributed by atoms with van der Waals surface area (Å²) in [6.07, 6.45) is 11.2. The molecule has 0 aliphatic rings. The van der Waals surface area contributed by atoms with Crippen LogP contribution >= 0.6 is 0 Å². The molecule has 2 N–H and O–H groups in total. The molecule has 0 fully saturated rings. The Morgan fingerprint density at radius 2 is 1.48 bits per heavy atom. The van der Waals surface area contributed by atoms with Gasteiger partial charge in [0.1, 0.15) is 12.0 Å². The van der Waals surface area contributed by atoms with E-state index < -0.39 is 0 Å². The summed E-state index contributed by atoms with van der Waals surface area (Å²) in [5.41, 5.74) is 1.22. The van der Waals surface area contributed by atoms with Crippen molar-refractivity contribution in [2.24, 2.45) is 0 Å². The maximum atomic E-state index is 10.7. The first kappa shape index (κ1) is 19.7. The number of aliphatic hydroxyl groups is 2. The van der Waals surface area contributed by atoms with E-state index in [0.717, 1.165) is 32.0 Å². The van der Waals surface area contributed by atoms with Crippen LogP contribution in [0.2, 0.25) is 0 Å². The molecule has 0 amide bonds. The zero-order valence-electron chi connectivity index (χ0n) is 14.0. The Morgan fingerprint density at radius 1 is 0.870 bits per heavy atom. The van der Waals surface area contributed by atoms with Gasteiger partial charge >= 0.3 is 0 Å². The molecule has 4 heteroatoms. The Morgan fingerprint density at radius 3 is 2.04 bits per heavy atom. The number of ether oxygens (including phenoxy) is 1. The molecule has 0 bridgehead atoms. The van der Waals surface area contributed by atoms with Crippen LogP contribution in [0.5, 0.6) is 5.75 Å². The summed E-state index contributed by atoms with van der Waals surface area (Å²) in [6.45, 7) is 0.840. The van der Waals surface area contributed by atoms with Gasteiger partial charge in [-0.2, -0.15) is 0 Å². The lowest BCUT2D eigenvalue weighted by atomic mass is 10.1. The first-order chi connectivity index (χ1) is 11.3. The zero-order valence-corrected chi connectivity index (χ0v) is 14.0. The molecular weight excluding hydrogens is 292 g/mol. The van der Waals surface area contributed by atoms with E-state index in [4.69, 9.17) is 9.84 Å². The Labute approximate surface area is 139 Å². The van der Waals surface area contributed by atoms with Gasteiger partial charge in [-0.3, -0.25) is 4.79 Å². The molecule has 0 atom stereocenters. The standard InChI is InChI=1S/C19H30O4/c20-12-8-6-4-2-1-3-5-7-9-13-23-19-11-10-17(15-21)14-18(19)16-22/h10-11,14-15,20,22H,1-9,12-13,16H2. The molecule has 0 radical (unpaired) electrons. The molecule has 130 valence electrons. The molecule has 0 spiro atoms. The highest BCUT2D eigenvalue weighted by Crippen LogP contribution is 2.20. The van der Waals surface area contributed by atoms with Gasteiger partial charge in [0.15, 0.2) is 0 Å². The average molecular weight is 322 g/mol. The third kappa shape index (κ3) is 8.72. The summed E-state index contributed by atoms with van der Waals surface area (Å²) in [4.78, 5) is 10.7. The lowest BCUT2D eigenvalue weighted by Crippen LogP contribution is -2.01. The van der Waals surface area contributed by atoms with E-state index in [-0.39, 0.29) is 6.61 Å². The number of carbonyl (C=O) groups is 1. The van der Waals surface area contributed by atoms with E-state index in [2.05, 4.69) is 0 Å². The first-order valence-corrected chi connectivity index (χ1v) is 8.74. The van der Waals surface area contributed by atoms with Gasteiger partial charge in [0.05, 0.1) is 13.2 Å². The fourth-order valence-corrected chi connectivity index (χ4v) is 2.57. The third-order valence-corrected chi connectivity index (χ3v) is 3.95. The van der Waals surface area contributed by atoms with Crippen LogP contribution in [0.25, 0.3) is 0 Å². The topological polar surface area (TPSA) is 66.8 Å². The lowest BCUT2D eigenvalue weighted by molar-refractivity contribution is 0.112. The summed E-state index contributed by atoms with van der Waals surface area (Å²) in [7, 11) is 0. The summed E-state index contributed by atoms with van der Waals surface area (Å²) in [5.74, 6) is 0.669. The summed E-state index contributed by atoms with van der Waals surface area (Å²) in [5, 5.41) is 18.0. The van der Waals surface area contributed by atoms with Crippen LogP contribution < -0.4 is 4.74 Å². The highest BCUT2D eigenvalue weighted by molar-refractivity contribution is 5.75. The normalized spacial score (nSPS) is 10.7. The molecule has 0 saturated heterocycles. The Bertz CT molecular complexity index is 431. The maximum absolute atomic E-state index is 10.7. The maximum Gasteiger partial charge on any atom is 0.150 e. The number of hydrogen-bond acceptors (Lipinski definition) is 4. The van der Waals surface area contributed by atoms with E-state index in [0.29, 0.717) is 30.1 Å². The van der Waals surface area contributed by atoms with Crippen molar-refractivity contribution >= 4 is 6.29 Å². The largest absolute Gasteiger partial charge is 0.493 e. The number of carbonyl (C=O) groups excluding carboxylic acids is 1. The SMILES string of the molecule is O=Cc1ccc(OCCCCCCCCCCCO)c(CO)c1. The molecule has 0 heterocycles. The van der Waals surface area contributed by atoms with Crippen molar-refractivity contribution in [3.05, 3.63) is 29.3 Å². The second-order valence-electron chi connectivity index (χ2n) is 5.90. The average Bonchev–Trinajstić information content (AvgIpc) is 2.59. The van der Waals surface area contributed by atoms with Crippen molar-refractivity contribution in [2.45, 2.75) is 64.4 Å². The Kier molecular flexibility index (Phi) is 11.2. The van der Waals surface area contributed by atoms with Gasteiger partial charge in [-0.25, -0.2) is 0 Å². The molecule has 0 unspecified atom stereocenters. The van der Waals surface area contributed by atoms with Gasteiger partial charge in [-0.1, -0.05) is 44.9 Å². The summed E-state index contributed by atoms with van der Waals surface area (Å²) in [6, 6.07) is 5.12. The highest BCUT2D eigenvalue weighted by Gasteiger charge is 2.04. The molecule has 1 rings (SSSR count). The Hall–Kier alpha value is -1.39. The number of rotatable bonds is 14. The van der Waals surface area contributed by atoms with Crippen LogP contribution in [-0.2, 0) is 6.61 Å². The number of aliphatic hydroxyl groups excluding tert-OH is 2. The van der Waals surface area contributed by atoms with E-state index in [1.807, 2.05) is 0 Å². The fraction of sp³-hybridized carbons (Fsp3) is 0.632. The van der Waals surface area contributed by atoms with Crippen LogP contribution in [-0.4, -0.2) is 29.7 Å². The molecule has 0 saturated carbocycles.